The summed E-state index contributed by atoms with van der Waals surface area (Å²) in [5.41, 5.74) is 1.11. The summed E-state index contributed by atoms with van der Waals surface area (Å²) in [6, 6.07) is 4.78. The van der Waals surface area contributed by atoms with Crippen LogP contribution in [0.4, 0.5) is 0 Å². The van der Waals surface area contributed by atoms with Crippen molar-refractivity contribution in [3.05, 3.63) is 17.7 Å². The van der Waals surface area contributed by atoms with E-state index in [1.54, 1.807) is 21.3 Å². The lowest BCUT2D eigenvalue weighted by Crippen LogP contribution is -2.58. The molecule has 0 aliphatic carbocycles. The van der Waals surface area contributed by atoms with Crippen molar-refractivity contribution in [1.82, 2.24) is 0 Å². The van der Waals surface area contributed by atoms with Crippen LogP contribution in [0.15, 0.2) is 12.1 Å². The molecule has 2 fully saturated rings. The van der Waals surface area contributed by atoms with Crippen molar-refractivity contribution in [3.63, 3.8) is 0 Å². The molecule has 3 rings (SSSR count). The van der Waals surface area contributed by atoms with Crippen LogP contribution in [0.25, 0.3) is 0 Å². The molecular weight excluding hydrogens is 390 g/mol. The maximum absolute atomic E-state index is 12.0. The van der Waals surface area contributed by atoms with Gasteiger partial charge in [-0.15, -0.1) is 0 Å². The number of hydrogen-bond acceptors (Lipinski definition) is 6. The van der Waals surface area contributed by atoms with Gasteiger partial charge < -0.3 is 28.5 Å². The first-order chi connectivity index (χ1) is 14.3. The molecule has 2 aliphatic heterocycles. The minimum atomic E-state index is -0.981. The topological polar surface area (TPSA) is 91.3 Å². The van der Waals surface area contributed by atoms with Gasteiger partial charge >= 0.3 is 11.9 Å². The molecule has 0 saturated carbocycles. The molecule has 8 heteroatoms. The maximum Gasteiger partial charge on any atom is 0.306 e. The van der Waals surface area contributed by atoms with Crippen LogP contribution in [-0.2, 0) is 20.9 Å². The molecule has 0 spiro atoms. The standard InChI is InChI=1S/C22H31NO7/c1-23(13-14-9-18(27-2)22(29-4)19(10-14)28-3)15-5-6-16(23)12-17(11-15)30-21(26)8-7-20(24)25/h9-10,15-17H,5-8,11-13H2,1-4H3/p+1/t15-,16+,17?,23?. The zero-order valence-corrected chi connectivity index (χ0v) is 18.2. The van der Waals surface area contributed by atoms with E-state index in [9.17, 15) is 9.59 Å². The molecule has 0 aromatic heterocycles. The molecule has 1 aromatic rings. The largest absolute Gasteiger partial charge is 0.493 e. The highest BCUT2D eigenvalue weighted by molar-refractivity contribution is 5.76. The molecule has 2 saturated heterocycles. The lowest BCUT2D eigenvalue weighted by molar-refractivity contribution is -0.961. The fourth-order valence-electron chi connectivity index (χ4n) is 5.12. The van der Waals surface area contributed by atoms with Crippen LogP contribution in [-0.4, -0.2) is 68.1 Å². The molecule has 2 unspecified atom stereocenters. The van der Waals surface area contributed by atoms with Gasteiger partial charge in [-0.3, -0.25) is 9.59 Å². The summed E-state index contributed by atoms with van der Waals surface area (Å²) < 4.78 is 22.9. The number of carboxylic acids is 1. The Bertz CT molecular complexity index is 755. The molecule has 0 amide bonds. The van der Waals surface area contributed by atoms with Gasteiger partial charge in [-0.05, 0) is 12.1 Å². The van der Waals surface area contributed by atoms with Crippen molar-refractivity contribution in [2.24, 2.45) is 0 Å². The van der Waals surface area contributed by atoms with Crippen molar-refractivity contribution < 1.29 is 38.1 Å². The Morgan fingerprint density at radius 1 is 1.00 bits per heavy atom. The number of aliphatic carboxylic acids is 1. The van der Waals surface area contributed by atoms with Crippen LogP contribution in [0.2, 0.25) is 0 Å². The summed E-state index contributed by atoms with van der Waals surface area (Å²) in [7, 11) is 7.10. The maximum atomic E-state index is 12.0. The molecule has 1 N–H and O–H groups in total. The van der Waals surface area contributed by atoms with E-state index >= 15 is 0 Å². The summed E-state index contributed by atoms with van der Waals surface area (Å²) in [6.07, 6.45) is 3.40. The molecule has 2 aliphatic rings. The third-order valence-corrected chi connectivity index (χ3v) is 6.66. The summed E-state index contributed by atoms with van der Waals surface area (Å²) in [4.78, 5) is 22.6. The summed E-state index contributed by atoms with van der Waals surface area (Å²) >= 11 is 0. The van der Waals surface area contributed by atoms with E-state index < -0.39 is 11.9 Å². The molecule has 0 radical (unpaired) electrons. The lowest BCUT2D eigenvalue weighted by atomic mass is 9.95. The second-order valence-corrected chi connectivity index (χ2v) is 8.40. The number of quaternary nitrogens is 1. The molecule has 8 nitrogen and oxygen atoms in total. The summed E-state index contributed by atoms with van der Waals surface area (Å²) in [5.74, 6) is 0.482. The van der Waals surface area contributed by atoms with Crippen LogP contribution in [0.1, 0.15) is 44.1 Å². The monoisotopic (exact) mass is 422 g/mol. The molecule has 1 aromatic carbocycles. The van der Waals surface area contributed by atoms with Crippen LogP contribution < -0.4 is 14.2 Å². The van der Waals surface area contributed by atoms with Gasteiger partial charge in [-0.2, -0.15) is 0 Å². The Morgan fingerprint density at radius 3 is 2.03 bits per heavy atom. The van der Waals surface area contributed by atoms with Gasteiger partial charge in [0.15, 0.2) is 11.5 Å². The van der Waals surface area contributed by atoms with Crippen LogP contribution in [0.5, 0.6) is 17.2 Å². The van der Waals surface area contributed by atoms with E-state index in [1.807, 2.05) is 12.1 Å². The van der Waals surface area contributed by atoms with Crippen molar-refractivity contribution in [2.45, 2.75) is 63.3 Å². The number of methoxy groups -OCH3 is 3. The van der Waals surface area contributed by atoms with E-state index in [0.717, 1.165) is 42.3 Å². The predicted octanol–water partition coefficient (Wildman–Crippen LogP) is 2.76. The van der Waals surface area contributed by atoms with Crippen LogP contribution in [0.3, 0.4) is 0 Å². The number of benzene rings is 1. The van der Waals surface area contributed by atoms with E-state index in [2.05, 4.69) is 7.05 Å². The number of esters is 1. The Labute approximate surface area is 177 Å². The number of nitrogens with zero attached hydrogens (tertiary/aromatic N) is 1. The Balaban J connectivity index is 1.71. The quantitative estimate of drug-likeness (QED) is 0.483. The molecule has 4 atom stereocenters. The zero-order chi connectivity index (χ0) is 21.9. The fraction of sp³-hybridized carbons (Fsp3) is 0.636. The van der Waals surface area contributed by atoms with Gasteiger partial charge in [0.2, 0.25) is 5.75 Å². The Morgan fingerprint density at radius 2 is 1.57 bits per heavy atom. The highest BCUT2D eigenvalue weighted by atomic mass is 16.5. The molecular formula is C22H32NO7+. The second kappa shape index (κ2) is 9.12. The van der Waals surface area contributed by atoms with E-state index in [4.69, 9.17) is 24.1 Å². The zero-order valence-electron chi connectivity index (χ0n) is 18.2. The molecule has 2 bridgehead atoms. The molecule has 2 heterocycles. The van der Waals surface area contributed by atoms with Gasteiger partial charge in [0.25, 0.3) is 0 Å². The third kappa shape index (κ3) is 4.48. The number of fused-ring (bicyclic) bond motifs is 2. The highest BCUT2D eigenvalue weighted by Gasteiger charge is 2.52. The summed E-state index contributed by atoms with van der Waals surface area (Å²) in [6.45, 7) is 0.825. The number of hydrogen-bond donors (Lipinski definition) is 1. The Kier molecular flexibility index (Phi) is 6.75. The summed E-state index contributed by atoms with van der Waals surface area (Å²) in [5, 5.41) is 8.74. The van der Waals surface area contributed by atoms with Gasteiger partial charge in [0, 0.05) is 31.2 Å². The number of rotatable bonds is 9. The van der Waals surface area contributed by atoms with E-state index in [-0.39, 0.29) is 18.9 Å². The second-order valence-electron chi connectivity index (χ2n) is 8.40. The first-order valence-corrected chi connectivity index (χ1v) is 10.4. The number of carbonyl (C=O) groups is 2. The first kappa shape index (κ1) is 22.2. The smallest absolute Gasteiger partial charge is 0.306 e. The van der Waals surface area contributed by atoms with Gasteiger partial charge in [0.05, 0.1) is 53.3 Å². The average Bonchev–Trinajstić information content (AvgIpc) is 2.88. The molecule has 166 valence electrons. The van der Waals surface area contributed by atoms with Crippen molar-refractivity contribution >= 4 is 11.9 Å². The van der Waals surface area contributed by atoms with Crippen molar-refractivity contribution in [1.29, 1.82) is 0 Å². The van der Waals surface area contributed by atoms with Gasteiger partial charge in [0.1, 0.15) is 12.6 Å². The fourth-order valence-corrected chi connectivity index (χ4v) is 5.12. The van der Waals surface area contributed by atoms with E-state index in [1.165, 1.54) is 0 Å². The lowest BCUT2D eigenvalue weighted by Gasteiger charge is -2.47. The molecule has 30 heavy (non-hydrogen) atoms. The first-order valence-electron chi connectivity index (χ1n) is 10.4. The van der Waals surface area contributed by atoms with E-state index in [0.29, 0.717) is 29.3 Å². The number of carbonyl (C=O) groups excluding carboxylic acids is 1. The number of carboxylic acid groups (broad SMARTS) is 1. The Hall–Kier alpha value is -2.48. The van der Waals surface area contributed by atoms with Gasteiger partial charge in [-0.25, -0.2) is 0 Å². The highest BCUT2D eigenvalue weighted by Crippen LogP contribution is 2.45. The number of piperidine rings is 1. The van der Waals surface area contributed by atoms with Crippen molar-refractivity contribution in [3.8, 4) is 17.2 Å². The minimum absolute atomic E-state index is 0.0707. The third-order valence-electron chi connectivity index (χ3n) is 6.66. The van der Waals surface area contributed by atoms with Crippen LogP contribution in [0, 0.1) is 0 Å². The van der Waals surface area contributed by atoms with Gasteiger partial charge in [-0.1, -0.05) is 0 Å². The predicted molar refractivity (Wildman–Crippen MR) is 109 cm³/mol. The number of ether oxygens (including phenoxy) is 4. The average molecular weight is 422 g/mol. The SMILES string of the molecule is COc1cc(C[N+]2(C)[C@@H]3CC[C@H]2CC(OC(=O)CCC(=O)O)C3)cc(OC)c1OC. The van der Waals surface area contributed by atoms with Crippen molar-refractivity contribution in [2.75, 3.05) is 28.4 Å². The minimum Gasteiger partial charge on any atom is -0.493 e. The van der Waals surface area contributed by atoms with Crippen LogP contribution >= 0.6 is 0 Å². The normalized spacial score (nSPS) is 27.4.